The lowest BCUT2D eigenvalue weighted by Crippen LogP contribution is -2.34. The van der Waals surface area contributed by atoms with Gasteiger partial charge in [0, 0.05) is 7.47 Å². The molecule has 1 unspecified atom stereocenters. The number of ether oxygens (including phenoxy) is 1. The van der Waals surface area contributed by atoms with Gasteiger partial charge in [-0.15, -0.1) is 0 Å². The minimum atomic E-state index is -0.398. The Hall–Kier alpha value is -1.51. The zero-order chi connectivity index (χ0) is 10.4. The molecule has 3 heteroatoms. The van der Waals surface area contributed by atoms with E-state index >= 15 is 0 Å². The van der Waals surface area contributed by atoms with E-state index in [-0.39, 0.29) is 7.47 Å². The summed E-state index contributed by atoms with van der Waals surface area (Å²) >= 11 is 0. The molecule has 1 aromatic rings. The van der Waals surface area contributed by atoms with Gasteiger partial charge < -0.3 is 10.1 Å². The molecular weight excluding hydrogens is 178 g/mol. The Balaban J connectivity index is 0.00000196. The fraction of sp³-hybridized carbons (Fsp3) is 0.364. The van der Waals surface area contributed by atoms with Gasteiger partial charge >= 0.3 is 6.09 Å². The van der Waals surface area contributed by atoms with Gasteiger partial charge in [0.15, 0.2) is 0 Å². The lowest BCUT2D eigenvalue weighted by Gasteiger charge is -2.11. The van der Waals surface area contributed by atoms with Crippen molar-refractivity contribution in [3.8, 4) is 5.75 Å². The topological polar surface area (TPSA) is 38.3 Å². The Morgan fingerprint density at radius 2 is 2.14 bits per heavy atom. The first-order valence-corrected chi connectivity index (χ1v) is 4.75. The summed E-state index contributed by atoms with van der Waals surface area (Å²) in [6.07, 6.45) is 0.495. The van der Waals surface area contributed by atoms with Crippen molar-refractivity contribution in [3.05, 3.63) is 30.3 Å². The molecule has 0 saturated heterocycles. The minimum absolute atomic E-state index is 0. The second-order valence-electron chi connectivity index (χ2n) is 3.16. The maximum Gasteiger partial charge on any atom is 0.412 e. The summed E-state index contributed by atoms with van der Waals surface area (Å²) in [4.78, 5) is 11.2. The number of amides is 1. The highest BCUT2D eigenvalue weighted by atomic mass is 16.6. The summed E-state index contributed by atoms with van der Waals surface area (Å²) in [6.45, 7) is 3.94. The Bertz CT molecular complexity index is 290. The second-order valence-corrected chi connectivity index (χ2v) is 3.16. The number of para-hydroxylation sites is 1. The Labute approximate surface area is 85.6 Å². The van der Waals surface area contributed by atoms with E-state index in [0.29, 0.717) is 5.75 Å². The van der Waals surface area contributed by atoms with Gasteiger partial charge in [-0.3, -0.25) is 0 Å². The summed E-state index contributed by atoms with van der Waals surface area (Å²) < 4.78 is 5.04. The van der Waals surface area contributed by atoms with Crippen molar-refractivity contribution in [3.63, 3.8) is 0 Å². The fourth-order valence-electron chi connectivity index (χ4n) is 0.928. The summed E-state index contributed by atoms with van der Waals surface area (Å²) in [5.41, 5.74) is 0. The highest BCUT2D eigenvalue weighted by Gasteiger charge is 2.06. The van der Waals surface area contributed by atoms with Gasteiger partial charge in [-0.2, -0.15) is 0 Å². The SMILES string of the molecule is CCC(C)NC(=O)Oc1ccccc1.[HH]. The van der Waals surface area contributed by atoms with Crippen molar-refractivity contribution < 1.29 is 11.0 Å². The largest absolute Gasteiger partial charge is 0.412 e. The Kier molecular flexibility index (Phi) is 3.98. The van der Waals surface area contributed by atoms with Gasteiger partial charge in [0.1, 0.15) is 5.75 Å². The lowest BCUT2D eigenvalue weighted by atomic mass is 10.3. The van der Waals surface area contributed by atoms with E-state index in [4.69, 9.17) is 4.74 Å². The van der Waals surface area contributed by atoms with Gasteiger partial charge in [-0.05, 0) is 25.5 Å². The van der Waals surface area contributed by atoms with Crippen LogP contribution in [-0.2, 0) is 0 Å². The van der Waals surface area contributed by atoms with Crippen molar-refractivity contribution in [2.24, 2.45) is 0 Å². The monoisotopic (exact) mass is 195 g/mol. The molecule has 1 aromatic carbocycles. The van der Waals surface area contributed by atoms with Gasteiger partial charge in [-0.1, -0.05) is 25.1 Å². The average Bonchev–Trinajstić information content (AvgIpc) is 2.19. The van der Waals surface area contributed by atoms with Gasteiger partial charge in [0.2, 0.25) is 0 Å². The minimum Gasteiger partial charge on any atom is -0.410 e. The molecule has 0 aliphatic heterocycles. The van der Waals surface area contributed by atoms with E-state index in [0.717, 1.165) is 6.42 Å². The molecule has 0 spiro atoms. The van der Waals surface area contributed by atoms with Crippen LogP contribution in [0.5, 0.6) is 5.75 Å². The molecule has 0 bridgehead atoms. The van der Waals surface area contributed by atoms with Crippen LogP contribution in [0.1, 0.15) is 21.7 Å². The van der Waals surface area contributed by atoms with Crippen molar-refractivity contribution >= 4 is 6.09 Å². The highest BCUT2D eigenvalue weighted by molar-refractivity contribution is 5.70. The first kappa shape index (κ1) is 10.6. The predicted molar refractivity (Wildman–Crippen MR) is 57.5 cm³/mol. The molecule has 1 N–H and O–H groups in total. The van der Waals surface area contributed by atoms with E-state index in [2.05, 4.69) is 5.32 Å². The Morgan fingerprint density at radius 1 is 1.50 bits per heavy atom. The smallest absolute Gasteiger partial charge is 0.410 e. The quantitative estimate of drug-likeness (QED) is 0.805. The maximum atomic E-state index is 11.2. The average molecular weight is 195 g/mol. The third-order valence-electron chi connectivity index (χ3n) is 1.93. The molecule has 0 radical (unpaired) electrons. The summed E-state index contributed by atoms with van der Waals surface area (Å²) in [5, 5.41) is 2.72. The third kappa shape index (κ3) is 3.47. The van der Waals surface area contributed by atoms with Crippen molar-refractivity contribution in [1.29, 1.82) is 0 Å². The van der Waals surface area contributed by atoms with Crippen molar-refractivity contribution in [2.45, 2.75) is 26.3 Å². The van der Waals surface area contributed by atoms with Crippen LogP contribution in [0.2, 0.25) is 0 Å². The number of carbonyl (C=O) groups is 1. The van der Waals surface area contributed by atoms with E-state index < -0.39 is 6.09 Å². The van der Waals surface area contributed by atoms with Crippen LogP contribution in [0.4, 0.5) is 4.79 Å². The van der Waals surface area contributed by atoms with Crippen LogP contribution >= 0.6 is 0 Å². The van der Waals surface area contributed by atoms with Crippen LogP contribution in [0, 0.1) is 0 Å². The normalized spacial score (nSPS) is 11.9. The molecule has 0 heterocycles. The first-order valence-electron chi connectivity index (χ1n) is 4.75. The molecule has 1 amide bonds. The summed E-state index contributed by atoms with van der Waals surface area (Å²) in [5.74, 6) is 0.563. The molecule has 0 saturated carbocycles. The van der Waals surface area contributed by atoms with Crippen LogP contribution in [0.3, 0.4) is 0 Å². The van der Waals surface area contributed by atoms with E-state index in [1.54, 1.807) is 12.1 Å². The zero-order valence-electron chi connectivity index (χ0n) is 8.49. The standard InChI is InChI=1S/C11H15NO2.H2/c1-3-9(2)12-11(13)14-10-7-5-4-6-8-10;/h4-9H,3H2,1-2H3,(H,12,13);1H. The van der Waals surface area contributed by atoms with Crippen LogP contribution in [0.25, 0.3) is 0 Å². The molecular formula is C11H17NO2. The number of rotatable bonds is 3. The van der Waals surface area contributed by atoms with Gasteiger partial charge in [0.25, 0.3) is 0 Å². The number of hydrogen-bond donors (Lipinski definition) is 1. The van der Waals surface area contributed by atoms with Crippen molar-refractivity contribution in [2.75, 3.05) is 0 Å². The van der Waals surface area contributed by atoms with E-state index in [1.165, 1.54) is 0 Å². The van der Waals surface area contributed by atoms with E-state index in [1.807, 2.05) is 32.0 Å². The molecule has 0 aliphatic rings. The fourth-order valence-corrected chi connectivity index (χ4v) is 0.928. The maximum absolute atomic E-state index is 11.2. The molecule has 3 nitrogen and oxygen atoms in total. The molecule has 0 fully saturated rings. The molecule has 78 valence electrons. The number of carbonyl (C=O) groups excluding carboxylic acids is 1. The first-order chi connectivity index (χ1) is 6.72. The Morgan fingerprint density at radius 3 is 2.71 bits per heavy atom. The molecule has 14 heavy (non-hydrogen) atoms. The molecule has 0 aliphatic carbocycles. The van der Waals surface area contributed by atoms with Gasteiger partial charge in [0.05, 0.1) is 0 Å². The van der Waals surface area contributed by atoms with E-state index in [9.17, 15) is 4.79 Å². The van der Waals surface area contributed by atoms with Gasteiger partial charge in [-0.25, -0.2) is 4.79 Å². The molecule has 1 atom stereocenters. The van der Waals surface area contributed by atoms with Crippen molar-refractivity contribution in [1.82, 2.24) is 5.32 Å². The summed E-state index contributed by atoms with van der Waals surface area (Å²) in [6, 6.07) is 9.16. The number of hydrogen-bond acceptors (Lipinski definition) is 2. The predicted octanol–water partition coefficient (Wildman–Crippen LogP) is 2.82. The van der Waals surface area contributed by atoms with Crippen LogP contribution in [0.15, 0.2) is 30.3 Å². The second kappa shape index (κ2) is 5.27. The third-order valence-corrected chi connectivity index (χ3v) is 1.93. The molecule has 1 rings (SSSR count). The number of benzene rings is 1. The zero-order valence-corrected chi connectivity index (χ0v) is 8.49. The number of nitrogens with one attached hydrogen (secondary N) is 1. The van der Waals surface area contributed by atoms with Crippen LogP contribution < -0.4 is 10.1 Å². The van der Waals surface area contributed by atoms with Crippen LogP contribution in [-0.4, -0.2) is 12.1 Å². The highest BCUT2D eigenvalue weighted by Crippen LogP contribution is 2.08. The lowest BCUT2D eigenvalue weighted by molar-refractivity contribution is 0.196. The summed E-state index contributed by atoms with van der Waals surface area (Å²) in [7, 11) is 0. The molecule has 0 aromatic heterocycles.